The first kappa shape index (κ1) is 14.8. The van der Waals surface area contributed by atoms with Gasteiger partial charge in [-0.2, -0.15) is 0 Å². The van der Waals surface area contributed by atoms with Crippen LogP contribution < -0.4 is 0 Å². The Labute approximate surface area is 126 Å². The summed E-state index contributed by atoms with van der Waals surface area (Å²) in [5.41, 5.74) is 2.20. The van der Waals surface area contributed by atoms with Crippen molar-refractivity contribution < 1.29 is 8.76 Å². The molecule has 0 spiro atoms. The van der Waals surface area contributed by atoms with Gasteiger partial charge in [0.15, 0.2) is 11.8 Å². The highest BCUT2D eigenvalue weighted by Crippen LogP contribution is 2.42. The van der Waals surface area contributed by atoms with E-state index in [4.69, 9.17) is 0 Å². The van der Waals surface area contributed by atoms with E-state index in [9.17, 15) is 8.76 Å². The second kappa shape index (κ2) is 5.19. The molecule has 0 radical (unpaired) electrons. The third-order valence-corrected chi connectivity index (χ3v) is 6.49. The van der Waals surface area contributed by atoms with E-state index in [0.29, 0.717) is 0 Å². The normalized spacial score (nSPS) is 14.9. The van der Waals surface area contributed by atoms with Crippen molar-refractivity contribution in [1.29, 1.82) is 0 Å². The molecule has 5 heteroatoms. The Morgan fingerprint density at radius 3 is 1.75 bits per heavy atom. The van der Waals surface area contributed by atoms with E-state index in [1.807, 2.05) is 69.4 Å². The van der Waals surface area contributed by atoms with Crippen molar-refractivity contribution in [3.63, 3.8) is 0 Å². The molecule has 0 fully saturated rings. The summed E-state index contributed by atoms with van der Waals surface area (Å²) in [4.78, 5) is 0. The second-order valence-electron chi connectivity index (χ2n) is 4.59. The zero-order valence-corrected chi connectivity index (χ0v) is 14.5. The van der Waals surface area contributed by atoms with E-state index in [0.717, 1.165) is 5.56 Å². The first-order chi connectivity index (χ1) is 7.15. The summed E-state index contributed by atoms with van der Waals surface area (Å²) in [6.45, 7) is 6.44. The Balaban J connectivity index is 3.09. The molecule has 0 heterocycles. The summed E-state index contributed by atoms with van der Waals surface area (Å²) < 4.78 is 19.6. The van der Waals surface area contributed by atoms with Crippen LogP contribution in [0.3, 0.4) is 0 Å². The Morgan fingerprint density at radius 2 is 1.44 bits per heavy atom. The molecular formula is C11H14I2O2S. The first-order valence-electron chi connectivity index (χ1n) is 4.75. The van der Waals surface area contributed by atoms with Gasteiger partial charge in [-0.25, -0.2) is 4.21 Å². The lowest BCUT2D eigenvalue weighted by atomic mass is 9.87. The maximum absolute atomic E-state index is 11.2. The molecule has 0 bridgehead atoms. The summed E-state index contributed by atoms with van der Waals surface area (Å²) in [6.07, 6.45) is 0. The van der Waals surface area contributed by atoms with Crippen molar-refractivity contribution in [3.8, 4) is 0 Å². The van der Waals surface area contributed by atoms with Crippen molar-refractivity contribution in [3.05, 3.63) is 35.4 Å². The van der Waals surface area contributed by atoms with E-state index in [-0.39, 0.29) is 5.41 Å². The van der Waals surface area contributed by atoms with Crippen LogP contribution in [0, 0.1) is 0 Å². The third-order valence-electron chi connectivity index (χ3n) is 2.31. The topological polar surface area (TPSA) is 37.3 Å². The summed E-state index contributed by atoms with van der Waals surface area (Å²) in [5, 5.41) is 0. The van der Waals surface area contributed by atoms with Gasteiger partial charge in [-0.1, -0.05) is 45.0 Å². The van der Waals surface area contributed by atoms with Gasteiger partial charge < -0.3 is 4.55 Å². The zero-order valence-electron chi connectivity index (χ0n) is 9.33. The minimum atomic E-state index is -1.88. The van der Waals surface area contributed by atoms with Crippen molar-refractivity contribution in [2.24, 2.45) is 0 Å². The highest BCUT2D eigenvalue weighted by Gasteiger charge is 2.32. The van der Waals surface area contributed by atoms with Gasteiger partial charge in [-0.3, -0.25) is 0 Å². The molecule has 1 unspecified atom stereocenters. The molecule has 1 aromatic rings. The van der Waals surface area contributed by atoms with Crippen LogP contribution in [0.4, 0.5) is 0 Å². The van der Waals surface area contributed by atoms with Crippen LogP contribution in [-0.4, -0.2) is 8.76 Å². The van der Waals surface area contributed by atoms with Crippen LogP contribution in [0.5, 0.6) is 0 Å². The molecule has 1 atom stereocenters. The van der Waals surface area contributed by atoms with E-state index < -0.39 is 11.8 Å². The molecular weight excluding hydrogens is 450 g/mol. The number of halogens is 2. The Bertz CT molecular complexity index is 393. The zero-order chi connectivity index (χ0) is 12.6. The van der Waals surface area contributed by atoms with E-state index in [1.165, 1.54) is 5.56 Å². The average molecular weight is 464 g/mol. The summed E-state index contributed by atoms with van der Waals surface area (Å²) in [7, 11) is 0. The molecule has 16 heavy (non-hydrogen) atoms. The quantitative estimate of drug-likeness (QED) is 0.405. The van der Waals surface area contributed by atoms with Crippen LogP contribution >= 0.6 is 45.2 Å². The van der Waals surface area contributed by atoms with Crippen LogP contribution in [-0.2, 0) is 17.3 Å². The molecule has 90 valence electrons. The number of benzene rings is 1. The molecule has 1 aromatic carbocycles. The predicted octanol–water partition coefficient (Wildman–Crippen LogP) is 4.19. The number of rotatable bonds is 2. The minimum Gasteiger partial charge on any atom is -0.304 e. The standard InChI is InChI=1S/C11H14I2O2S/c1-10(2,3)8-4-6-9(7-5-8)11(12,13)16(14)15/h4-7H,1-3H3,(H,14,15). The van der Waals surface area contributed by atoms with E-state index in [2.05, 4.69) is 20.8 Å². The van der Waals surface area contributed by atoms with Gasteiger partial charge in [0.1, 0.15) is 0 Å². The lowest BCUT2D eigenvalue weighted by Crippen LogP contribution is -2.16. The van der Waals surface area contributed by atoms with Gasteiger partial charge in [0.2, 0.25) is 0 Å². The van der Waals surface area contributed by atoms with Crippen molar-refractivity contribution in [1.82, 2.24) is 0 Å². The maximum atomic E-state index is 11.2. The molecule has 0 aliphatic heterocycles. The number of hydrogen-bond acceptors (Lipinski definition) is 1. The lowest BCUT2D eigenvalue weighted by molar-refractivity contribution is 0.562. The number of hydrogen-bond donors (Lipinski definition) is 1. The molecule has 0 saturated heterocycles. The molecule has 0 aliphatic rings. The number of alkyl halides is 2. The fourth-order valence-electron chi connectivity index (χ4n) is 1.27. The third kappa shape index (κ3) is 3.39. The predicted molar refractivity (Wildman–Crippen MR) is 85.6 cm³/mol. The minimum absolute atomic E-state index is 0.107. The van der Waals surface area contributed by atoms with Gasteiger partial charge >= 0.3 is 0 Å². The molecule has 0 saturated carbocycles. The second-order valence-corrected chi connectivity index (χ2v) is 12.5. The SMILES string of the molecule is CC(C)(C)c1ccc(C(I)(I)S(=O)O)cc1. The van der Waals surface area contributed by atoms with Gasteiger partial charge in [-0.05, 0) is 61.7 Å². The molecule has 0 aromatic heterocycles. The van der Waals surface area contributed by atoms with Crippen LogP contribution in [0.15, 0.2) is 24.3 Å². The maximum Gasteiger partial charge on any atom is 0.197 e. The van der Waals surface area contributed by atoms with Crippen molar-refractivity contribution in [2.75, 3.05) is 0 Å². The summed E-state index contributed by atoms with van der Waals surface area (Å²) in [5.74, 6) is 0. The molecule has 0 aliphatic carbocycles. The largest absolute Gasteiger partial charge is 0.304 e. The van der Waals surface area contributed by atoms with Crippen molar-refractivity contribution >= 4 is 56.3 Å². The van der Waals surface area contributed by atoms with Gasteiger partial charge in [0.05, 0.1) is 0 Å². The molecule has 2 nitrogen and oxygen atoms in total. The molecule has 1 rings (SSSR count). The fourth-order valence-corrected chi connectivity index (χ4v) is 2.32. The van der Waals surface area contributed by atoms with Crippen LogP contribution in [0.2, 0.25) is 0 Å². The van der Waals surface area contributed by atoms with E-state index >= 15 is 0 Å². The monoisotopic (exact) mass is 464 g/mol. The summed E-state index contributed by atoms with van der Waals surface area (Å²) >= 11 is 2.12. The Hall–Kier alpha value is 0.790. The van der Waals surface area contributed by atoms with Gasteiger partial charge in [0, 0.05) is 0 Å². The van der Waals surface area contributed by atoms with Crippen molar-refractivity contribution in [2.45, 2.75) is 26.9 Å². The molecule has 1 N–H and O–H groups in total. The highest BCUT2D eigenvalue weighted by molar-refractivity contribution is 14.2. The average Bonchev–Trinajstić information content (AvgIpc) is 2.16. The highest BCUT2D eigenvalue weighted by atomic mass is 127. The first-order valence-corrected chi connectivity index (χ1v) is 8.02. The Morgan fingerprint density at radius 1 is 1.06 bits per heavy atom. The van der Waals surface area contributed by atoms with Gasteiger partial charge in [-0.15, -0.1) is 0 Å². The fraction of sp³-hybridized carbons (Fsp3) is 0.455. The Kier molecular flexibility index (Phi) is 4.82. The molecule has 0 amide bonds. The smallest absolute Gasteiger partial charge is 0.197 e. The lowest BCUT2D eigenvalue weighted by Gasteiger charge is -2.21. The van der Waals surface area contributed by atoms with Crippen LogP contribution in [0.25, 0.3) is 0 Å². The summed E-state index contributed by atoms with van der Waals surface area (Å²) in [6, 6.07) is 7.89. The van der Waals surface area contributed by atoms with Crippen LogP contribution in [0.1, 0.15) is 31.9 Å². The van der Waals surface area contributed by atoms with Gasteiger partial charge in [0.25, 0.3) is 0 Å². The van der Waals surface area contributed by atoms with E-state index in [1.54, 1.807) is 0 Å².